The Bertz CT molecular complexity index is 758. The molecule has 0 spiro atoms. The van der Waals surface area contributed by atoms with Gasteiger partial charge in [0.25, 0.3) is 0 Å². The fraction of sp³-hybridized carbons (Fsp3) is 0.455. The Hall–Kier alpha value is -2.80. The van der Waals surface area contributed by atoms with Crippen molar-refractivity contribution in [2.75, 3.05) is 28.4 Å². The Kier molecular flexibility index (Phi) is 5.98. The van der Waals surface area contributed by atoms with Crippen LogP contribution in [-0.2, 0) is 4.74 Å². The maximum atomic E-state index is 10.2. The molecule has 1 fully saturated rings. The summed E-state index contributed by atoms with van der Waals surface area (Å²) in [4.78, 5) is 0. The van der Waals surface area contributed by atoms with E-state index in [1.54, 1.807) is 24.3 Å². The van der Waals surface area contributed by atoms with Crippen LogP contribution < -0.4 is 18.9 Å². The first-order chi connectivity index (χ1) is 13.9. The molecule has 0 aromatic heterocycles. The molecule has 0 amide bonds. The second-order valence-electron chi connectivity index (χ2n) is 7.24. The summed E-state index contributed by atoms with van der Waals surface area (Å²) in [7, 11) is 5.99. The molecule has 1 aliphatic heterocycles. The van der Waals surface area contributed by atoms with Crippen LogP contribution in [0.25, 0.3) is 0 Å². The lowest BCUT2D eigenvalue weighted by Gasteiger charge is -2.19. The van der Waals surface area contributed by atoms with Crippen molar-refractivity contribution in [3.05, 3.63) is 35.4 Å². The number of aromatic hydroxyl groups is 2. The van der Waals surface area contributed by atoms with Crippen LogP contribution in [-0.4, -0.2) is 38.7 Å². The molecule has 0 unspecified atom stereocenters. The number of hydrogen-bond donors (Lipinski definition) is 2. The van der Waals surface area contributed by atoms with Gasteiger partial charge in [-0.2, -0.15) is 0 Å². The fourth-order valence-electron chi connectivity index (χ4n) is 3.88. The summed E-state index contributed by atoms with van der Waals surface area (Å²) in [6, 6.07) is 7.08. The van der Waals surface area contributed by atoms with Crippen LogP contribution >= 0.6 is 0 Å². The molecule has 1 saturated heterocycles. The number of ether oxygens (including phenoxy) is 5. The van der Waals surface area contributed by atoms with Gasteiger partial charge < -0.3 is 33.9 Å². The summed E-state index contributed by atoms with van der Waals surface area (Å²) in [6.07, 6.45) is -0.464. The van der Waals surface area contributed by atoms with Gasteiger partial charge in [-0.3, -0.25) is 0 Å². The lowest BCUT2D eigenvalue weighted by atomic mass is 9.85. The van der Waals surface area contributed by atoms with E-state index in [0.29, 0.717) is 23.0 Å². The van der Waals surface area contributed by atoms with Crippen molar-refractivity contribution in [1.82, 2.24) is 0 Å². The Morgan fingerprint density at radius 1 is 0.621 bits per heavy atom. The van der Waals surface area contributed by atoms with Crippen LogP contribution in [0.15, 0.2) is 24.3 Å². The minimum atomic E-state index is -0.232. The summed E-state index contributed by atoms with van der Waals surface area (Å²) in [5.41, 5.74) is 1.71. The SMILES string of the molecule is COc1cc([C@H]2O[C@@H](c3cc(OC)c(O)c(OC)c3)[C@@H](C)[C@H]2C)cc(OC)c1O. The fourth-order valence-corrected chi connectivity index (χ4v) is 3.88. The topological polar surface area (TPSA) is 86.6 Å². The quantitative estimate of drug-likeness (QED) is 0.745. The third kappa shape index (κ3) is 3.62. The Morgan fingerprint density at radius 2 is 0.897 bits per heavy atom. The van der Waals surface area contributed by atoms with E-state index in [1.807, 2.05) is 0 Å². The second-order valence-corrected chi connectivity index (χ2v) is 7.24. The van der Waals surface area contributed by atoms with Gasteiger partial charge in [0, 0.05) is 0 Å². The first kappa shape index (κ1) is 20.9. The number of hydrogen-bond acceptors (Lipinski definition) is 7. The zero-order chi connectivity index (χ0) is 21.3. The van der Waals surface area contributed by atoms with E-state index in [2.05, 4.69) is 13.8 Å². The van der Waals surface area contributed by atoms with Crippen molar-refractivity contribution < 1.29 is 33.9 Å². The molecule has 2 aromatic carbocycles. The van der Waals surface area contributed by atoms with E-state index in [9.17, 15) is 10.2 Å². The smallest absolute Gasteiger partial charge is 0.200 e. The molecule has 29 heavy (non-hydrogen) atoms. The summed E-state index contributed by atoms with van der Waals surface area (Å²) < 4.78 is 27.6. The van der Waals surface area contributed by atoms with Crippen molar-refractivity contribution in [2.24, 2.45) is 11.8 Å². The Labute approximate surface area is 170 Å². The molecule has 0 saturated carbocycles. The third-order valence-electron chi connectivity index (χ3n) is 5.74. The van der Waals surface area contributed by atoms with Crippen LogP contribution in [0, 0.1) is 11.8 Å². The van der Waals surface area contributed by atoms with Gasteiger partial charge in [-0.1, -0.05) is 13.8 Å². The molecule has 7 heteroatoms. The van der Waals surface area contributed by atoms with E-state index >= 15 is 0 Å². The van der Waals surface area contributed by atoms with Crippen LogP contribution in [0.2, 0.25) is 0 Å². The number of phenols is 2. The number of methoxy groups -OCH3 is 4. The molecular weight excluding hydrogens is 376 g/mol. The average molecular weight is 404 g/mol. The second kappa shape index (κ2) is 8.29. The number of benzene rings is 2. The maximum Gasteiger partial charge on any atom is 0.200 e. The molecule has 1 aliphatic rings. The minimum absolute atomic E-state index is 0.0398. The van der Waals surface area contributed by atoms with Crippen LogP contribution in [0.3, 0.4) is 0 Å². The van der Waals surface area contributed by atoms with Gasteiger partial charge in [-0.05, 0) is 47.2 Å². The Balaban J connectivity index is 2.00. The molecule has 2 aromatic rings. The van der Waals surface area contributed by atoms with E-state index in [4.69, 9.17) is 23.7 Å². The van der Waals surface area contributed by atoms with Gasteiger partial charge in [0.1, 0.15) is 0 Å². The zero-order valence-corrected chi connectivity index (χ0v) is 17.6. The molecular formula is C22H28O7. The first-order valence-electron chi connectivity index (χ1n) is 9.41. The molecule has 0 aliphatic carbocycles. The molecule has 158 valence electrons. The van der Waals surface area contributed by atoms with E-state index < -0.39 is 0 Å². The van der Waals surface area contributed by atoms with Gasteiger partial charge in [0.2, 0.25) is 11.5 Å². The highest BCUT2D eigenvalue weighted by Gasteiger charge is 2.41. The van der Waals surface area contributed by atoms with Gasteiger partial charge in [-0.25, -0.2) is 0 Å². The van der Waals surface area contributed by atoms with Crippen LogP contribution in [0.4, 0.5) is 0 Å². The normalized spacial score (nSPS) is 23.7. The summed E-state index contributed by atoms with van der Waals surface area (Å²) in [5, 5.41) is 20.4. The molecule has 7 nitrogen and oxygen atoms in total. The van der Waals surface area contributed by atoms with Gasteiger partial charge in [0.05, 0.1) is 40.6 Å². The monoisotopic (exact) mass is 404 g/mol. The number of phenolic OH excluding ortho intramolecular Hbond substituents is 2. The maximum absolute atomic E-state index is 10.2. The van der Waals surface area contributed by atoms with Crippen molar-refractivity contribution in [3.8, 4) is 34.5 Å². The molecule has 2 N–H and O–H groups in total. The highest BCUT2D eigenvalue weighted by atomic mass is 16.5. The van der Waals surface area contributed by atoms with Crippen LogP contribution in [0.1, 0.15) is 37.2 Å². The van der Waals surface area contributed by atoms with E-state index in [0.717, 1.165) is 11.1 Å². The predicted octanol–water partition coefficient (Wildman–Crippen LogP) is 4.22. The zero-order valence-electron chi connectivity index (χ0n) is 17.6. The lowest BCUT2D eigenvalue weighted by molar-refractivity contribution is 0.0285. The van der Waals surface area contributed by atoms with Crippen molar-refractivity contribution in [2.45, 2.75) is 26.1 Å². The summed E-state index contributed by atoms with van der Waals surface area (Å²) in [5.74, 6) is 1.59. The van der Waals surface area contributed by atoms with E-state index in [1.165, 1.54) is 28.4 Å². The predicted molar refractivity (Wildman–Crippen MR) is 107 cm³/mol. The first-order valence-corrected chi connectivity index (χ1v) is 9.41. The highest BCUT2D eigenvalue weighted by molar-refractivity contribution is 5.55. The van der Waals surface area contributed by atoms with Crippen molar-refractivity contribution >= 4 is 0 Å². The minimum Gasteiger partial charge on any atom is -0.502 e. The van der Waals surface area contributed by atoms with Gasteiger partial charge in [0.15, 0.2) is 23.0 Å². The third-order valence-corrected chi connectivity index (χ3v) is 5.74. The summed E-state index contributed by atoms with van der Waals surface area (Å²) >= 11 is 0. The Morgan fingerprint density at radius 3 is 1.14 bits per heavy atom. The van der Waals surface area contributed by atoms with Crippen molar-refractivity contribution in [1.29, 1.82) is 0 Å². The molecule has 0 bridgehead atoms. The molecule has 0 radical (unpaired) electrons. The highest BCUT2D eigenvalue weighted by Crippen LogP contribution is 2.52. The van der Waals surface area contributed by atoms with Gasteiger partial charge in [-0.15, -0.1) is 0 Å². The van der Waals surface area contributed by atoms with Crippen LogP contribution in [0.5, 0.6) is 34.5 Å². The van der Waals surface area contributed by atoms with E-state index in [-0.39, 0.29) is 35.5 Å². The largest absolute Gasteiger partial charge is 0.502 e. The standard InChI is InChI=1S/C22H28O7/c1-11-12(2)22(14-9-17(27-5)20(24)18(10-14)28-6)29-21(11)13-7-15(25-3)19(23)16(8-13)26-4/h7-12,21-24H,1-6H3/t11-,12+,21+,22-. The number of rotatable bonds is 6. The molecule has 3 rings (SSSR count). The average Bonchev–Trinajstić information content (AvgIpc) is 3.03. The summed E-state index contributed by atoms with van der Waals surface area (Å²) in [6.45, 7) is 4.24. The van der Waals surface area contributed by atoms with Crippen molar-refractivity contribution in [3.63, 3.8) is 0 Å². The molecule has 4 atom stereocenters. The lowest BCUT2D eigenvalue weighted by Crippen LogP contribution is -2.10. The molecule has 1 heterocycles. The van der Waals surface area contributed by atoms with Gasteiger partial charge >= 0.3 is 0 Å².